The lowest BCUT2D eigenvalue weighted by Crippen LogP contribution is -2.22. The largest absolute Gasteiger partial charge is 0.452 e. The first-order chi connectivity index (χ1) is 12.8. The first-order valence-electron chi connectivity index (χ1n) is 7.92. The van der Waals surface area contributed by atoms with E-state index in [1.165, 1.54) is 13.1 Å². The molecule has 2 N–H and O–H groups in total. The van der Waals surface area contributed by atoms with Gasteiger partial charge < -0.3 is 10.1 Å². The molecule has 0 saturated carbocycles. The Kier molecular flexibility index (Phi) is 7.00. The van der Waals surface area contributed by atoms with Crippen LogP contribution in [0.5, 0.6) is 0 Å². The van der Waals surface area contributed by atoms with E-state index in [1.54, 1.807) is 55.1 Å². The summed E-state index contributed by atoms with van der Waals surface area (Å²) >= 11 is 1.55. The number of rotatable bonds is 7. The van der Waals surface area contributed by atoms with Crippen LogP contribution in [0.15, 0.2) is 52.3 Å². The third-order valence-corrected chi connectivity index (χ3v) is 5.99. The number of anilines is 1. The summed E-state index contributed by atoms with van der Waals surface area (Å²) in [7, 11) is -2.33. The number of aryl methyl sites for hydroxylation is 1. The van der Waals surface area contributed by atoms with Gasteiger partial charge in [-0.3, -0.25) is 4.79 Å². The SMILES string of the molecule is CNS(=O)(=O)c1cc(NC(=O)COC(=O)c2ccc(SC)cc2)ccc1C. The fourth-order valence-corrected chi connectivity index (χ4v) is 3.62. The number of hydrogen-bond acceptors (Lipinski definition) is 6. The molecule has 1 amide bonds. The first kappa shape index (κ1) is 20.9. The van der Waals surface area contributed by atoms with Crippen molar-refractivity contribution in [1.29, 1.82) is 0 Å². The van der Waals surface area contributed by atoms with Gasteiger partial charge in [-0.05, 0) is 62.2 Å². The molecule has 0 atom stereocenters. The molecule has 0 fully saturated rings. The van der Waals surface area contributed by atoms with Gasteiger partial charge in [0.05, 0.1) is 10.5 Å². The maximum Gasteiger partial charge on any atom is 0.338 e. The van der Waals surface area contributed by atoms with Gasteiger partial charge in [-0.25, -0.2) is 17.9 Å². The lowest BCUT2D eigenvalue weighted by Gasteiger charge is -2.11. The van der Waals surface area contributed by atoms with Crippen molar-refractivity contribution in [3.05, 3.63) is 53.6 Å². The summed E-state index contributed by atoms with van der Waals surface area (Å²) in [5.41, 5.74) is 1.18. The normalized spacial score (nSPS) is 11.1. The van der Waals surface area contributed by atoms with Crippen LogP contribution in [-0.4, -0.2) is 40.2 Å². The van der Waals surface area contributed by atoms with E-state index in [2.05, 4.69) is 10.0 Å². The summed E-state index contributed by atoms with van der Waals surface area (Å²) in [6, 6.07) is 11.3. The molecular formula is C18H20N2O5S2. The Morgan fingerprint density at radius 1 is 1.11 bits per heavy atom. The van der Waals surface area contributed by atoms with Crippen LogP contribution in [0.4, 0.5) is 5.69 Å². The molecule has 9 heteroatoms. The van der Waals surface area contributed by atoms with Gasteiger partial charge in [0, 0.05) is 10.6 Å². The van der Waals surface area contributed by atoms with Gasteiger partial charge >= 0.3 is 5.97 Å². The molecule has 0 aliphatic heterocycles. The number of carbonyl (C=O) groups excluding carboxylic acids is 2. The molecule has 0 aliphatic rings. The van der Waals surface area contributed by atoms with Gasteiger partial charge in [0.15, 0.2) is 6.61 Å². The quantitative estimate of drug-likeness (QED) is 0.539. The highest BCUT2D eigenvalue weighted by atomic mass is 32.2. The smallest absolute Gasteiger partial charge is 0.338 e. The van der Waals surface area contributed by atoms with Crippen LogP contribution in [0.2, 0.25) is 0 Å². The summed E-state index contributed by atoms with van der Waals surface area (Å²) in [6.45, 7) is 1.17. The summed E-state index contributed by atoms with van der Waals surface area (Å²) in [4.78, 5) is 25.1. The molecule has 27 heavy (non-hydrogen) atoms. The van der Waals surface area contributed by atoms with Crippen LogP contribution >= 0.6 is 11.8 Å². The van der Waals surface area contributed by atoms with Crippen LogP contribution in [0.25, 0.3) is 0 Å². The van der Waals surface area contributed by atoms with E-state index in [0.29, 0.717) is 16.8 Å². The molecule has 7 nitrogen and oxygen atoms in total. The predicted octanol–water partition coefficient (Wildman–Crippen LogP) is 2.42. The number of esters is 1. The van der Waals surface area contributed by atoms with Crippen molar-refractivity contribution in [1.82, 2.24) is 4.72 Å². The van der Waals surface area contributed by atoms with Crippen molar-refractivity contribution in [3.8, 4) is 0 Å². The molecule has 2 aromatic rings. The second kappa shape index (κ2) is 9.03. The molecule has 0 saturated heterocycles. The fraction of sp³-hybridized carbons (Fsp3) is 0.222. The first-order valence-corrected chi connectivity index (χ1v) is 10.6. The molecule has 0 radical (unpaired) electrons. The Labute approximate surface area is 162 Å². The zero-order valence-corrected chi connectivity index (χ0v) is 16.7. The minimum absolute atomic E-state index is 0.0636. The molecule has 144 valence electrons. The Bertz CT molecular complexity index is 941. The van der Waals surface area contributed by atoms with Gasteiger partial charge in [-0.1, -0.05) is 6.07 Å². The summed E-state index contributed by atoms with van der Waals surface area (Å²) in [6.07, 6.45) is 1.93. The van der Waals surface area contributed by atoms with Crippen molar-refractivity contribution in [2.75, 3.05) is 25.2 Å². The number of ether oxygens (including phenoxy) is 1. The van der Waals surface area contributed by atoms with Crippen LogP contribution in [-0.2, 0) is 19.6 Å². The van der Waals surface area contributed by atoms with Crippen molar-refractivity contribution in [2.24, 2.45) is 0 Å². The number of hydrogen-bond donors (Lipinski definition) is 2. The highest BCUT2D eigenvalue weighted by Crippen LogP contribution is 2.20. The van der Waals surface area contributed by atoms with Crippen LogP contribution < -0.4 is 10.0 Å². The topological polar surface area (TPSA) is 102 Å². The highest BCUT2D eigenvalue weighted by molar-refractivity contribution is 7.98. The van der Waals surface area contributed by atoms with E-state index in [1.807, 2.05) is 6.26 Å². The standard InChI is InChI=1S/C18H20N2O5S2/c1-12-4-7-14(10-16(12)27(23,24)19-2)20-17(21)11-25-18(22)13-5-8-15(26-3)9-6-13/h4-10,19H,11H2,1-3H3,(H,20,21). The number of thioether (sulfide) groups is 1. The van der Waals surface area contributed by atoms with Crippen molar-refractivity contribution in [3.63, 3.8) is 0 Å². The summed E-state index contributed by atoms with van der Waals surface area (Å²) < 4.78 is 31.2. The monoisotopic (exact) mass is 408 g/mol. The second-order valence-corrected chi connectivity index (χ2v) is 8.28. The zero-order chi connectivity index (χ0) is 20.0. The summed E-state index contributed by atoms with van der Waals surface area (Å²) in [5.74, 6) is -1.18. The van der Waals surface area contributed by atoms with E-state index in [9.17, 15) is 18.0 Å². The van der Waals surface area contributed by atoms with Crippen molar-refractivity contribution < 1.29 is 22.7 Å². The third kappa shape index (κ3) is 5.56. The van der Waals surface area contributed by atoms with Gasteiger partial charge in [0.1, 0.15) is 0 Å². The molecule has 0 unspecified atom stereocenters. The van der Waals surface area contributed by atoms with Crippen LogP contribution in [0, 0.1) is 6.92 Å². The Morgan fingerprint density at radius 2 is 1.78 bits per heavy atom. The second-order valence-electron chi connectivity index (χ2n) is 5.54. The van der Waals surface area contributed by atoms with Gasteiger partial charge in [-0.2, -0.15) is 0 Å². The maximum atomic E-state index is 12.0. The van der Waals surface area contributed by atoms with Crippen molar-refractivity contribution in [2.45, 2.75) is 16.7 Å². The molecule has 0 aromatic heterocycles. The van der Waals surface area contributed by atoms with E-state index < -0.39 is 28.5 Å². The van der Waals surface area contributed by atoms with Gasteiger partial charge in [-0.15, -0.1) is 11.8 Å². The Morgan fingerprint density at radius 3 is 2.37 bits per heavy atom. The number of sulfonamides is 1. The molecule has 0 spiro atoms. The number of amides is 1. The maximum absolute atomic E-state index is 12.0. The van der Waals surface area contributed by atoms with E-state index in [4.69, 9.17) is 4.74 Å². The van der Waals surface area contributed by atoms with Crippen LogP contribution in [0.1, 0.15) is 15.9 Å². The summed E-state index contributed by atoms with van der Waals surface area (Å²) in [5, 5.41) is 2.52. The number of benzene rings is 2. The lowest BCUT2D eigenvalue weighted by molar-refractivity contribution is -0.119. The predicted molar refractivity (Wildman–Crippen MR) is 105 cm³/mol. The zero-order valence-electron chi connectivity index (χ0n) is 15.1. The van der Waals surface area contributed by atoms with Crippen molar-refractivity contribution >= 4 is 39.3 Å². The Hall–Kier alpha value is -2.36. The average Bonchev–Trinajstić information content (AvgIpc) is 2.67. The number of carbonyl (C=O) groups is 2. The van der Waals surface area contributed by atoms with E-state index in [0.717, 1.165) is 4.90 Å². The molecule has 2 rings (SSSR count). The van der Waals surface area contributed by atoms with Crippen LogP contribution in [0.3, 0.4) is 0 Å². The van der Waals surface area contributed by atoms with Gasteiger partial charge in [0.2, 0.25) is 10.0 Å². The van der Waals surface area contributed by atoms with E-state index in [-0.39, 0.29) is 4.90 Å². The minimum Gasteiger partial charge on any atom is -0.452 e. The third-order valence-electron chi connectivity index (χ3n) is 3.69. The molecule has 2 aromatic carbocycles. The van der Waals surface area contributed by atoms with E-state index >= 15 is 0 Å². The highest BCUT2D eigenvalue weighted by Gasteiger charge is 2.16. The fourth-order valence-electron chi connectivity index (χ4n) is 2.22. The average molecular weight is 409 g/mol. The minimum atomic E-state index is -3.64. The number of nitrogens with one attached hydrogen (secondary N) is 2. The molecular weight excluding hydrogens is 388 g/mol. The molecule has 0 heterocycles. The Balaban J connectivity index is 1.99. The molecule has 0 aliphatic carbocycles. The van der Waals surface area contributed by atoms with Gasteiger partial charge in [0.25, 0.3) is 5.91 Å². The molecule has 0 bridgehead atoms. The lowest BCUT2D eigenvalue weighted by atomic mass is 10.2.